The van der Waals surface area contributed by atoms with E-state index >= 15 is 0 Å². The van der Waals surface area contributed by atoms with Gasteiger partial charge in [0.05, 0.1) is 5.69 Å². The Bertz CT molecular complexity index is 673. The van der Waals surface area contributed by atoms with E-state index in [2.05, 4.69) is 30.7 Å². The Balaban J connectivity index is 2.56. The molecule has 0 fully saturated rings. The van der Waals surface area contributed by atoms with Gasteiger partial charge in [0.25, 0.3) is 0 Å². The van der Waals surface area contributed by atoms with Crippen molar-refractivity contribution in [3.63, 3.8) is 0 Å². The highest BCUT2D eigenvalue weighted by Crippen LogP contribution is 2.25. The molecule has 5 heteroatoms. The molecule has 0 saturated carbocycles. The zero-order valence-corrected chi connectivity index (χ0v) is 12.8. The van der Waals surface area contributed by atoms with Gasteiger partial charge in [0.1, 0.15) is 5.65 Å². The van der Waals surface area contributed by atoms with Gasteiger partial charge in [-0.25, -0.2) is 9.78 Å². The number of nitrogens with zero attached hydrogens (tertiary/aromatic N) is 3. The number of anilines is 1. The van der Waals surface area contributed by atoms with E-state index in [1.54, 1.807) is 6.08 Å². The van der Waals surface area contributed by atoms with Crippen molar-refractivity contribution in [1.29, 1.82) is 0 Å². The van der Waals surface area contributed by atoms with Gasteiger partial charge in [0.15, 0.2) is 5.82 Å². The van der Waals surface area contributed by atoms with Crippen LogP contribution < -0.4 is 4.90 Å². The number of fused-ring (bicyclic) bond motifs is 1. The summed E-state index contributed by atoms with van der Waals surface area (Å²) in [5.41, 5.74) is 1.59. The summed E-state index contributed by atoms with van der Waals surface area (Å²) >= 11 is 0. The van der Waals surface area contributed by atoms with Gasteiger partial charge in [0, 0.05) is 25.4 Å². The summed E-state index contributed by atoms with van der Waals surface area (Å²) in [5.74, 6) is 0.294. The number of carboxylic acid groups (broad SMARTS) is 1. The minimum Gasteiger partial charge on any atom is -0.478 e. The molecule has 2 aromatic heterocycles. The number of carboxylic acids is 1. The molecule has 0 aliphatic rings. The van der Waals surface area contributed by atoms with Crippen LogP contribution >= 0.6 is 0 Å². The SMILES string of the molecule is CC(C)C(C)N(C)c1nc2ccccn2c1/C=C/C(=O)O. The van der Waals surface area contributed by atoms with Crippen LogP contribution in [-0.2, 0) is 4.79 Å². The summed E-state index contributed by atoms with van der Waals surface area (Å²) in [6.07, 6.45) is 4.64. The Morgan fingerprint density at radius 3 is 2.71 bits per heavy atom. The van der Waals surface area contributed by atoms with Crippen molar-refractivity contribution < 1.29 is 9.90 Å². The largest absolute Gasteiger partial charge is 0.478 e. The topological polar surface area (TPSA) is 57.8 Å². The molecule has 0 amide bonds. The van der Waals surface area contributed by atoms with Gasteiger partial charge < -0.3 is 10.0 Å². The molecule has 0 aliphatic heterocycles. The number of rotatable bonds is 5. The quantitative estimate of drug-likeness (QED) is 0.859. The van der Waals surface area contributed by atoms with Crippen molar-refractivity contribution in [2.24, 2.45) is 5.92 Å². The van der Waals surface area contributed by atoms with Crippen molar-refractivity contribution in [1.82, 2.24) is 9.38 Å². The summed E-state index contributed by atoms with van der Waals surface area (Å²) in [5, 5.41) is 8.88. The van der Waals surface area contributed by atoms with Crippen molar-refractivity contribution in [2.45, 2.75) is 26.8 Å². The normalized spacial score (nSPS) is 13.2. The van der Waals surface area contributed by atoms with Gasteiger partial charge in [0.2, 0.25) is 0 Å². The lowest BCUT2D eigenvalue weighted by atomic mass is 10.1. The molecule has 1 N–H and O–H groups in total. The first kappa shape index (κ1) is 15.1. The number of pyridine rings is 1. The first-order chi connectivity index (χ1) is 9.91. The van der Waals surface area contributed by atoms with E-state index in [0.29, 0.717) is 12.0 Å². The second kappa shape index (κ2) is 5.99. The molecule has 2 rings (SSSR count). The van der Waals surface area contributed by atoms with Crippen LogP contribution in [0.1, 0.15) is 26.5 Å². The molecular weight excluding hydrogens is 266 g/mol. The fraction of sp³-hybridized carbons (Fsp3) is 0.375. The van der Waals surface area contributed by atoms with Crippen LogP contribution in [0.3, 0.4) is 0 Å². The highest BCUT2D eigenvalue weighted by atomic mass is 16.4. The van der Waals surface area contributed by atoms with Crippen LogP contribution in [0.25, 0.3) is 11.7 Å². The van der Waals surface area contributed by atoms with E-state index in [-0.39, 0.29) is 0 Å². The summed E-state index contributed by atoms with van der Waals surface area (Å²) < 4.78 is 1.90. The summed E-state index contributed by atoms with van der Waals surface area (Å²) in [6, 6.07) is 6.03. The van der Waals surface area contributed by atoms with Crippen molar-refractivity contribution in [2.75, 3.05) is 11.9 Å². The Morgan fingerprint density at radius 2 is 2.10 bits per heavy atom. The van der Waals surface area contributed by atoms with Crippen LogP contribution in [0.4, 0.5) is 5.82 Å². The molecule has 0 saturated heterocycles. The Hall–Kier alpha value is -2.30. The molecule has 112 valence electrons. The van der Waals surface area contributed by atoms with Crippen molar-refractivity contribution >= 4 is 23.5 Å². The van der Waals surface area contributed by atoms with Gasteiger partial charge in [-0.15, -0.1) is 0 Å². The molecule has 0 aliphatic carbocycles. The van der Waals surface area contributed by atoms with E-state index in [1.807, 2.05) is 35.8 Å². The second-order valence-corrected chi connectivity index (χ2v) is 5.52. The van der Waals surface area contributed by atoms with Gasteiger partial charge in [-0.05, 0) is 31.1 Å². The first-order valence-corrected chi connectivity index (χ1v) is 7.02. The fourth-order valence-electron chi connectivity index (χ4n) is 2.21. The molecule has 5 nitrogen and oxygen atoms in total. The molecule has 0 aromatic carbocycles. The van der Waals surface area contributed by atoms with Crippen LogP contribution in [0, 0.1) is 5.92 Å². The predicted octanol–water partition coefficient (Wildman–Crippen LogP) is 2.91. The maximum absolute atomic E-state index is 10.8. The van der Waals surface area contributed by atoms with E-state index in [4.69, 9.17) is 5.11 Å². The highest BCUT2D eigenvalue weighted by molar-refractivity contribution is 5.86. The summed E-state index contributed by atoms with van der Waals surface area (Å²) in [6.45, 7) is 6.45. The number of hydrogen-bond acceptors (Lipinski definition) is 3. The number of carbonyl (C=O) groups is 1. The molecule has 2 heterocycles. The molecule has 0 bridgehead atoms. The second-order valence-electron chi connectivity index (χ2n) is 5.52. The van der Waals surface area contributed by atoms with Crippen LogP contribution in [0.5, 0.6) is 0 Å². The lowest BCUT2D eigenvalue weighted by molar-refractivity contribution is -0.131. The average molecular weight is 287 g/mol. The third-order valence-electron chi connectivity index (χ3n) is 3.84. The third kappa shape index (κ3) is 3.07. The van der Waals surface area contributed by atoms with Crippen LogP contribution in [0.2, 0.25) is 0 Å². The Kier molecular flexibility index (Phi) is 4.31. The standard InChI is InChI=1S/C16H21N3O2/c1-11(2)12(3)18(4)16-13(8-9-15(20)21)19-10-6-5-7-14(19)17-16/h5-12H,1-4H3,(H,20,21)/b9-8+. The summed E-state index contributed by atoms with van der Waals surface area (Å²) in [4.78, 5) is 17.6. The fourth-order valence-corrected chi connectivity index (χ4v) is 2.21. The average Bonchev–Trinajstić information content (AvgIpc) is 2.81. The predicted molar refractivity (Wildman–Crippen MR) is 84.6 cm³/mol. The highest BCUT2D eigenvalue weighted by Gasteiger charge is 2.20. The Labute approximate surface area is 124 Å². The summed E-state index contributed by atoms with van der Waals surface area (Å²) in [7, 11) is 1.99. The smallest absolute Gasteiger partial charge is 0.328 e. The minimum atomic E-state index is -0.966. The van der Waals surface area contributed by atoms with E-state index < -0.39 is 5.97 Å². The molecule has 1 unspecified atom stereocenters. The Morgan fingerprint density at radius 1 is 1.38 bits per heavy atom. The van der Waals surface area contributed by atoms with Gasteiger partial charge in [-0.3, -0.25) is 4.40 Å². The minimum absolute atomic E-state index is 0.298. The first-order valence-electron chi connectivity index (χ1n) is 7.02. The maximum atomic E-state index is 10.8. The monoisotopic (exact) mass is 287 g/mol. The number of aliphatic carboxylic acids is 1. The van der Waals surface area contributed by atoms with Crippen LogP contribution in [0.15, 0.2) is 30.5 Å². The molecule has 1 atom stereocenters. The maximum Gasteiger partial charge on any atom is 0.328 e. The lowest BCUT2D eigenvalue weighted by Crippen LogP contribution is -2.33. The van der Waals surface area contributed by atoms with Crippen molar-refractivity contribution in [3.05, 3.63) is 36.2 Å². The van der Waals surface area contributed by atoms with Gasteiger partial charge in [-0.2, -0.15) is 0 Å². The van der Waals surface area contributed by atoms with Gasteiger partial charge in [-0.1, -0.05) is 19.9 Å². The number of hydrogen-bond donors (Lipinski definition) is 1. The lowest BCUT2D eigenvalue weighted by Gasteiger charge is -2.28. The third-order valence-corrected chi connectivity index (χ3v) is 3.84. The van der Waals surface area contributed by atoms with E-state index in [1.165, 1.54) is 0 Å². The van der Waals surface area contributed by atoms with E-state index in [9.17, 15) is 4.79 Å². The van der Waals surface area contributed by atoms with Crippen molar-refractivity contribution in [3.8, 4) is 0 Å². The molecule has 0 radical (unpaired) electrons. The zero-order chi connectivity index (χ0) is 15.6. The molecule has 0 spiro atoms. The van der Waals surface area contributed by atoms with E-state index in [0.717, 1.165) is 23.2 Å². The van der Waals surface area contributed by atoms with Crippen LogP contribution in [-0.4, -0.2) is 33.6 Å². The molecular formula is C16H21N3O2. The molecule has 2 aromatic rings. The number of imidazole rings is 1. The molecule has 21 heavy (non-hydrogen) atoms. The zero-order valence-electron chi connectivity index (χ0n) is 12.8. The van der Waals surface area contributed by atoms with Gasteiger partial charge >= 0.3 is 5.97 Å². The number of aromatic nitrogens is 2.